The summed E-state index contributed by atoms with van der Waals surface area (Å²) in [6.45, 7) is 2.30. The highest BCUT2D eigenvalue weighted by atomic mass is 79.9. The van der Waals surface area contributed by atoms with Crippen LogP contribution >= 0.6 is 15.9 Å². The SMILES string of the molecule is C[C@]12CC[C@@H]3c4ccc(O)cc4CC[C@H]3[C@@H]1CC(Br)[C@H]2O. The van der Waals surface area contributed by atoms with Crippen molar-refractivity contribution in [1.82, 2.24) is 0 Å². The number of rotatable bonds is 0. The second-order valence-corrected chi connectivity index (χ2v) is 8.72. The maximum absolute atomic E-state index is 10.6. The Bertz CT molecular complexity index is 572. The molecule has 3 aliphatic carbocycles. The van der Waals surface area contributed by atoms with Crippen LogP contribution < -0.4 is 0 Å². The molecule has 3 aliphatic rings. The van der Waals surface area contributed by atoms with E-state index in [1.807, 2.05) is 12.1 Å². The molecular formula is C18H23BrO2. The van der Waals surface area contributed by atoms with Crippen LogP contribution in [0, 0.1) is 17.3 Å². The molecule has 0 amide bonds. The van der Waals surface area contributed by atoms with Gasteiger partial charge in [0.2, 0.25) is 0 Å². The molecule has 0 radical (unpaired) electrons. The van der Waals surface area contributed by atoms with Gasteiger partial charge in [-0.3, -0.25) is 0 Å². The number of aryl methyl sites for hydroxylation is 1. The molecule has 0 saturated heterocycles. The summed E-state index contributed by atoms with van der Waals surface area (Å²) in [5.41, 5.74) is 2.89. The smallest absolute Gasteiger partial charge is 0.115 e. The van der Waals surface area contributed by atoms with Crippen LogP contribution in [0.4, 0.5) is 0 Å². The predicted molar refractivity (Wildman–Crippen MR) is 86.8 cm³/mol. The summed E-state index contributed by atoms with van der Waals surface area (Å²) in [5.74, 6) is 2.33. The first kappa shape index (κ1) is 14.1. The number of alkyl halides is 1. The summed E-state index contributed by atoms with van der Waals surface area (Å²) >= 11 is 3.70. The molecule has 0 heterocycles. The number of benzene rings is 1. The van der Waals surface area contributed by atoms with E-state index in [1.165, 1.54) is 24.0 Å². The number of fused-ring (bicyclic) bond motifs is 5. The van der Waals surface area contributed by atoms with Crippen LogP contribution in [-0.2, 0) is 6.42 Å². The van der Waals surface area contributed by atoms with E-state index in [2.05, 4.69) is 28.9 Å². The summed E-state index contributed by atoms with van der Waals surface area (Å²) in [6, 6.07) is 5.93. The molecule has 4 rings (SSSR count). The van der Waals surface area contributed by atoms with Gasteiger partial charge in [0.15, 0.2) is 0 Å². The summed E-state index contributed by atoms with van der Waals surface area (Å²) in [6.07, 6.45) is 5.46. The Balaban J connectivity index is 1.71. The van der Waals surface area contributed by atoms with E-state index in [-0.39, 0.29) is 16.3 Å². The average Bonchev–Trinajstić information content (AvgIpc) is 2.70. The molecule has 2 saturated carbocycles. The van der Waals surface area contributed by atoms with Gasteiger partial charge in [-0.2, -0.15) is 0 Å². The van der Waals surface area contributed by atoms with Gasteiger partial charge in [-0.25, -0.2) is 0 Å². The highest BCUT2D eigenvalue weighted by molar-refractivity contribution is 9.09. The lowest BCUT2D eigenvalue weighted by Crippen LogP contribution is -2.44. The van der Waals surface area contributed by atoms with Gasteiger partial charge in [0.1, 0.15) is 5.75 Å². The number of hydrogen-bond acceptors (Lipinski definition) is 2. The fraction of sp³-hybridized carbons (Fsp3) is 0.667. The first-order chi connectivity index (χ1) is 10.0. The molecule has 0 aromatic heterocycles. The molecular weight excluding hydrogens is 328 g/mol. The van der Waals surface area contributed by atoms with Gasteiger partial charge >= 0.3 is 0 Å². The van der Waals surface area contributed by atoms with Crippen molar-refractivity contribution < 1.29 is 10.2 Å². The van der Waals surface area contributed by atoms with Crippen molar-refractivity contribution >= 4 is 15.9 Å². The number of hydrogen-bond donors (Lipinski definition) is 2. The third-order valence-electron chi connectivity index (χ3n) is 6.65. The molecule has 1 unspecified atom stereocenters. The highest BCUT2D eigenvalue weighted by Crippen LogP contribution is 2.61. The number of aromatic hydroxyl groups is 1. The van der Waals surface area contributed by atoms with E-state index in [4.69, 9.17) is 0 Å². The standard InChI is InChI=1S/C18H23BrO2/c1-18-7-6-13-12-5-3-11(20)8-10(12)2-4-14(13)15(18)9-16(19)17(18)21/h3,5,8,13-17,20-21H,2,4,6-7,9H2,1H3/t13-,14-,15+,16?,17-,18+/m1/s1. The Kier molecular flexibility index (Phi) is 3.17. The van der Waals surface area contributed by atoms with Crippen LogP contribution in [0.25, 0.3) is 0 Å². The van der Waals surface area contributed by atoms with Crippen molar-refractivity contribution in [3.8, 4) is 5.75 Å². The Morgan fingerprint density at radius 3 is 2.90 bits per heavy atom. The lowest BCUT2D eigenvalue weighted by atomic mass is 9.55. The summed E-state index contributed by atoms with van der Waals surface area (Å²) in [5, 5.41) is 20.3. The van der Waals surface area contributed by atoms with Crippen LogP contribution in [0.3, 0.4) is 0 Å². The number of phenolic OH excluding ortho intramolecular Hbond substituents is 1. The first-order valence-corrected chi connectivity index (χ1v) is 9.06. The Hall–Kier alpha value is -0.540. The molecule has 0 aliphatic heterocycles. The zero-order valence-electron chi connectivity index (χ0n) is 12.4. The number of aliphatic hydroxyl groups is 1. The van der Waals surface area contributed by atoms with Gasteiger partial charge in [-0.05, 0) is 78.5 Å². The van der Waals surface area contributed by atoms with E-state index in [1.54, 1.807) is 0 Å². The van der Waals surface area contributed by atoms with Crippen molar-refractivity contribution in [2.75, 3.05) is 0 Å². The van der Waals surface area contributed by atoms with Gasteiger partial charge in [0, 0.05) is 4.83 Å². The molecule has 0 spiro atoms. The minimum Gasteiger partial charge on any atom is -0.508 e. The van der Waals surface area contributed by atoms with Crippen LogP contribution in [0.5, 0.6) is 5.75 Å². The maximum Gasteiger partial charge on any atom is 0.115 e. The summed E-state index contributed by atoms with van der Waals surface area (Å²) in [4.78, 5) is 0.257. The van der Waals surface area contributed by atoms with Crippen LogP contribution in [-0.4, -0.2) is 21.1 Å². The minimum absolute atomic E-state index is 0.0871. The zero-order valence-corrected chi connectivity index (χ0v) is 14.0. The van der Waals surface area contributed by atoms with Crippen LogP contribution in [0.2, 0.25) is 0 Å². The van der Waals surface area contributed by atoms with Crippen molar-refractivity contribution in [1.29, 1.82) is 0 Å². The Labute approximate surface area is 134 Å². The molecule has 0 bridgehead atoms. The summed E-state index contributed by atoms with van der Waals surface area (Å²) in [7, 11) is 0. The number of halogens is 1. The highest BCUT2D eigenvalue weighted by Gasteiger charge is 2.57. The minimum atomic E-state index is -0.204. The third kappa shape index (κ3) is 1.93. The molecule has 114 valence electrons. The molecule has 21 heavy (non-hydrogen) atoms. The fourth-order valence-corrected chi connectivity index (χ4v) is 6.52. The second kappa shape index (κ2) is 4.73. The number of phenols is 1. The van der Waals surface area contributed by atoms with E-state index >= 15 is 0 Å². The Morgan fingerprint density at radius 1 is 1.29 bits per heavy atom. The predicted octanol–water partition coefficient (Wildman–Crippen LogP) is 3.98. The van der Waals surface area contributed by atoms with Crippen LogP contribution in [0.15, 0.2) is 18.2 Å². The monoisotopic (exact) mass is 350 g/mol. The fourth-order valence-electron chi connectivity index (χ4n) is 5.51. The van der Waals surface area contributed by atoms with Crippen LogP contribution in [0.1, 0.15) is 49.7 Å². The number of aliphatic hydroxyl groups excluding tert-OH is 1. The average molecular weight is 351 g/mol. The zero-order chi connectivity index (χ0) is 14.8. The van der Waals surface area contributed by atoms with Crippen molar-refractivity contribution in [3.63, 3.8) is 0 Å². The van der Waals surface area contributed by atoms with Gasteiger partial charge in [-0.15, -0.1) is 0 Å². The largest absolute Gasteiger partial charge is 0.508 e. The second-order valence-electron chi connectivity index (χ2n) is 7.54. The van der Waals surface area contributed by atoms with Crippen molar-refractivity contribution in [3.05, 3.63) is 29.3 Å². The van der Waals surface area contributed by atoms with Crippen molar-refractivity contribution in [2.45, 2.75) is 55.9 Å². The molecule has 2 fully saturated rings. The van der Waals surface area contributed by atoms with Gasteiger partial charge in [0.25, 0.3) is 0 Å². The normalized spacial score (nSPS) is 44.8. The third-order valence-corrected chi connectivity index (χ3v) is 7.52. The lowest BCUT2D eigenvalue weighted by molar-refractivity contribution is -0.0213. The van der Waals surface area contributed by atoms with Gasteiger partial charge in [-0.1, -0.05) is 28.9 Å². The van der Waals surface area contributed by atoms with E-state index in [9.17, 15) is 10.2 Å². The maximum atomic E-state index is 10.6. The molecule has 2 nitrogen and oxygen atoms in total. The molecule has 1 aromatic carbocycles. The molecule has 1 aromatic rings. The first-order valence-electron chi connectivity index (χ1n) is 8.14. The van der Waals surface area contributed by atoms with Gasteiger partial charge < -0.3 is 10.2 Å². The Morgan fingerprint density at radius 2 is 2.10 bits per heavy atom. The topological polar surface area (TPSA) is 40.5 Å². The van der Waals surface area contributed by atoms with Crippen molar-refractivity contribution in [2.24, 2.45) is 17.3 Å². The quantitative estimate of drug-likeness (QED) is 0.694. The van der Waals surface area contributed by atoms with E-state index in [0.717, 1.165) is 19.3 Å². The summed E-state index contributed by atoms with van der Waals surface area (Å²) < 4.78 is 0. The lowest BCUT2D eigenvalue weighted by Gasteiger charge is -2.50. The molecule has 2 N–H and O–H groups in total. The van der Waals surface area contributed by atoms with Gasteiger partial charge in [0.05, 0.1) is 6.10 Å². The molecule has 6 atom stereocenters. The molecule has 3 heteroatoms. The van der Waals surface area contributed by atoms with E-state index in [0.29, 0.717) is 23.5 Å². The van der Waals surface area contributed by atoms with E-state index < -0.39 is 0 Å².